The third-order valence-corrected chi connectivity index (χ3v) is 12.5. The van der Waals surface area contributed by atoms with Crippen molar-refractivity contribution >= 4 is 66.0 Å². The topological polar surface area (TPSA) is 6.48 Å². The third-order valence-electron chi connectivity index (χ3n) is 11.5. The van der Waals surface area contributed by atoms with Gasteiger partial charge in [0.1, 0.15) is 0 Å². The van der Waals surface area contributed by atoms with Crippen LogP contribution in [-0.2, 0) is 0 Å². The minimum atomic E-state index is 0.993. The lowest BCUT2D eigenvalue weighted by Crippen LogP contribution is -2.16. The van der Waals surface area contributed by atoms with Gasteiger partial charge in [0.05, 0.1) is 11.4 Å². The smallest absolute Gasteiger partial charge is 0.0618 e. The standard InChI is InChI=1S/C60H42Br2N2/c61-49-30-16-32-51(40-49)63(59-55(44-22-8-2-9-23-44)34-18-35-56(59)45-24-10-3-11-25-45)53-38-48(43-20-6-1-7-21-43)39-54(42-53)64(52-33-17-31-50(62)41-52)60-57(46-26-12-4-13-27-46)36-19-37-58(60)47-28-14-5-15-29-47/h1-42H. The molecule has 0 saturated heterocycles. The van der Waals surface area contributed by atoms with E-state index >= 15 is 0 Å². The van der Waals surface area contributed by atoms with E-state index in [2.05, 4.69) is 296 Å². The lowest BCUT2D eigenvalue weighted by Gasteiger charge is -2.34. The zero-order valence-corrected chi connectivity index (χ0v) is 38.1. The molecule has 0 saturated carbocycles. The van der Waals surface area contributed by atoms with E-state index in [4.69, 9.17) is 0 Å². The molecule has 0 fully saturated rings. The van der Waals surface area contributed by atoms with E-state index in [0.717, 1.165) is 98.7 Å². The fourth-order valence-corrected chi connectivity index (χ4v) is 9.44. The molecular formula is C60H42Br2N2. The number of hydrogen-bond acceptors (Lipinski definition) is 2. The highest BCUT2D eigenvalue weighted by atomic mass is 79.9. The highest BCUT2D eigenvalue weighted by Gasteiger charge is 2.27. The molecule has 0 amide bonds. The lowest BCUT2D eigenvalue weighted by molar-refractivity contribution is 1.25. The first-order valence-electron chi connectivity index (χ1n) is 21.4. The summed E-state index contributed by atoms with van der Waals surface area (Å²) in [6.07, 6.45) is 0. The van der Waals surface area contributed by atoms with Crippen molar-refractivity contribution in [3.8, 4) is 55.6 Å². The highest BCUT2D eigenvalue weighted by Crippen LogP contribution is 2.52. The highest BCUT2D eigenvalue weighted by molar-refractivity contribution is 9.10. The molecule has 10 aromatic carbocycles. The summed E-state index contributed by atoms with van der Waals surface area (Å²) in [6.45, 7) is 0. The van der Waals surface area contributed by atoms with Crippen LogP contribution in [0.4, 0.5) is 34.1 Å². The summed E-state index contributed by atoms with van der Waals surface area (Å²) in [7, 11) is 0. The second-order valence-electron chi connectivity index (χ2n) is 15.6. The Morgan fingerprint density at radius 2 is 0.516 bits per heavy atom. The van der Waals surface area contributed by atoms with Crippen LogP contribution in [0.2, 0.25) is 0 Å². The average molecular weight is 951 g/mol. The Hall–Kier alpha value is -7.24. The van der Waals surface area contributed by atoms with Gasteiger partial charge in [0, 0.05) is 53.9 Å². The minimum Gasteiger partial charge on any atom is -0.309 e. The zero-order valence-electron chi connectivity index (χ0n) is 34.9. The SMILES string of the molecule is Brc1cccc(N(c2cc(-c3ccccc3)cc(N(c3cccc(Br)c3)c3c(-c4ccccc4)cccc3-c3ccccc3)c2)c2c(-c3ccccc3)cccc2-c2ccccc2)c1. The minimum absolute atomic E-state index is 0.993. The first kappa shape index (κ1) is 40.8. The number of hydrogen-bond donors (Lipinski definition) is 0. The van der Waals surface area contributed by atoms with Gasteiger partial charge in [-0.2, -0.15) is 0 Å². The molecule has 0 aliphatic carbocycles. The van der Waals surface area contributed by atoms with Crippen LogP contribution in [0.1, 0.15) is 0 Å². The average Bonchev–Trinajstić information content (AvgIpc) is 3.36. The third kappa shape index (κ3) is 8.46. The molecule has 10 aromatic rings. The second kappa shape index (κ2) is 18.6. The molecule has 0 aliphatic heterocycles. The van der Waals surface area contributed by atoms with Crippen LogP contribution in [0.3, 0.4) is 0 Å². The fourth-order valence-electron chi connectivity index (χ4n) is 8.67. The van der Waals surface area contributed by atoms with Gasteiger partial charge in [0.15, 0.2) is 0 Å². The number of anilines is 6. The molecule has 0 unspecified atom stereocenters. The van der Waals surface area contributed by atoms with Crippen molar-refractivity contribution in [2.75, 3.05) is 9.80 Å². The van der Waals surface area contributed by atoms with Crippen LogP contribution in [0.25, 0.3) is 55.6 Å². The van der Waals surface area contributed by atoms with Crippen LogP contribution < -0.4 is 9.80 Å². The van der Waals surface area contributed by atoms with Crippen LogP contribution in [0, 0.1) is 0 Å². The molecule has 0 N–H and O–H groups in total. The molecule has 0 aromatic heterocycles. The Morgan fingerprint density at radius 1 is 0.219 bits per heavy atom. The Bertz CT molecular complexity index is 2860. The Kier molecular flexibility index (Phi) is 11.9. The maximum atomic E-state index is 3.88. The predicted octanol–water partition coefficient (Wildman–Crippen LogP) is 18.5. The van der Waals surface area contributed by atoms with Gasteiger partial charge in [-0.05, 0) is 88.0 Å². The number of halogens is 2. The van der Waals surface area contributed by atoms with Crippen LogP contribution in [0.15, 0.2) is 264 Å². The van der Waals surface area contributed by atoms with Gasteiger partial charge < -0.3 is 9.80 Å². The fraction of sp³-hybridized carbons (Fsp3) is 0. The normalized spacial score (nSPS) is 11.0. The van der Waals surface area contributed by atoms with Crippen molar-refractivity contribution in [1.82, 2.24) is 0 Å². The molecule has 0 heterocycles. The van der Waals surface area contributed by atoms with Gasteiger partial charge in [-0.25, -0.2) is 0 Å². The summed E-state index contributed by atoms with van der Waals surface area (Å²) in [6, 6.07) is 91.4. The monoisotopic (exact) mass is 948 g/mol. The second-order valence-corrected chi connectivity index (χ2v) is 17.4. The zero-order chi connectivity index (χ0) is 43.2. The van der Waals surface area contributed by atoms with E-state index in [-0.39, 0.29) is 0 Å². The number of para-hydroxylation sites is 2. The quantitative estimate of drug-likeness (QED) is 0.127. The summed E-state index contributed by atoms with van der Waals surface area (Å²) in [5, 5.41) is 0. The van der Waals surface area contributed by atoms with Crippen molar-refractivity contribution in [2.45, 2.75) is 0 Å². The maximum Gasteiger partial charge on any atom is 0.0618 e. The molecule has 0 aliphatic rings. The molecule has 2 nitrogen and oxygen atoms in total. The first-order valence-corrected chi connectivity index (χ1v) is 23.0. The molecule has 0 bridgehead atoms. The Labute approximate surface area is 392 Å². The van der Waals surface area contributed by atoms with Crippen LogP contribution in [-0.4, -0.2) is 0 Å². The Balaban J connectivity index is 1.34. The van der Waals surface area contributed by atoms with E-state index < -0.39 is 0 Å². The molecule has 10 rings (SSSR count). The molecule has 64 heavy (non-hydrogen) atoms. The molecule has 0 spiro atoms. The van der Waals surface area contributed by atoms with E-state index in [1.54, 1.807) is 0 Å². The molecule has 4 heteroatoms. The summed E-state index contributed by atoms with van der Waals surface area (Å²) in [5.41, 5.74) is 17.5. The summed E-state index contributed by atoms with van der Waals surface area (Å²) >= 11 is 7.76. The van der Waals surface area contributed by atoms with Crippen LogP contribution in [0.5, 0.6) is 0 Å². The van der Waals surface area contributed by atoms with E-state index in [1.807, 2.05) is 0 Å². The number of rotatable bonds is 11. The van der Waals surface area contributed by atoms with E-state index in [0.29, 0.717) is 0 Å². The van der Waals surface area contributed by atoms with E-state index in [9.17, 15) is 0 Å². The Morgan fingerprint density at radius 3 is 0.828 bits per heavy atom. The van der Waals surface area contributed by atoms with Crippen molar-refractivity contribution in [3.05, 3.63) is 264 Å². The van der Waals surface area contributed by atoms with Crippen molar-refractivity contribution < 1.29 is 0 Å². The van der Waals surface area contributed by atoms with Gasteiger partial charge in [-0.15, -0.1) is 0 Å². The van der Waals surface area contributed by atoms with Gasteiger partial charge in [0.25, 0.3) is 0 Å². The summed E-state index contributed by atoms with van der Waals surface area (Å²) in [4.78, 5) is 4.90. The van der Waals surface area contributed by atoms with Gasteiger partial charge in [-0.3, -0.25) is 0 Å². The van der Waals surface area contributed by atoms with Gasteiger partial charge in [0.2, 0.25) is 0 Å². The first-order chi connectivity index (χ1) is 31.6. The van der Waals surface area contributed by atoms with Gasteiger partial charge in [-0.1, -0.05) is 232 Å². The predicted molar refractivity (Wildman–Crippen MR) is 278 cm³/mol. The molecule has 0 atom stereocenters. The summed E-state index contributed by atoms with van der Waals surface area (Å²) in [5.74, 6) is 0. The molecular weight excluding hydrogens is 908 g/mol. The van der Waals surface area contributed by atoms with Crippen molar-refractivity contribution in [1.29, 1.82) is 0 Å². The molecule has 0 radical (unpaired) electrons. The van der Waals surface area contributed by atoms with E-state index in [1.165, 1.54) is 0 Å². The maximum absolute atomic E-state index is 3.88. The molecule has 306 valence electrons. The van der Waals surface area contributed by atoms with Crippen molar-refractivity contribution in [2.24, 2.45) is 0 Å². The van der Waals surface area contributed by atoms with Crippen LogP contribution >= 0.6 is 31.9 Å². The summed E-state index contributed by atoms with van der Waals surface area (Å²) < 4.78 is 1.99. The number of nitrogens with zero attached hydrogens (tertiary/aromatic N) is 2. The van der Waals surface area contributed by atoms with Crippen molar-refractivity contribution in [3.63, 3.8) is 0 Å². The largest absolute Gasteiger partial charge is 0.309 e. The number of benzene rings is 10. The lowest BCUT2D eigenvalue weighted by atomic mass is 9.93. The van der Waals surface area contributed by atoms with Gasteiger partial charge >= 0.3 is 0 Å².